The Balaban J connectivity index is 2.07. The summed E-state index contributed by atoms with van der Waals surface area (Å²) >= 11 is 0. The lowest BCUT2D eigenvalue weighted by Crippen LogP contribution is -2.20. The molecule has 20 heavy (non-hydrogen) atoms. The highest BCUT2D eigenvalue weighted by molar-refractivity contribution is 5.90. The van der Waals surface area contributed by atoms with Crippen LogP contribution in [-0.2, 0) is 17.9 Å². The summed E-state index contributed by atoms with van der Waals surface area (Å²) in [4.78, 5) is 12.0. The number of benzene rings is 1. The molecule has 1 aromatic carbocycles. The number of rotatable bonds is 4. The minimum Gasteiger partial charge on any atom is -0.325 e. The molecule has 6 heteroatoms. The normalized spacial score (nSPS) is 10.6. The molecule has 1 heterocycles. The van der Waals surface area contributed by atoms with Crippen LogP contribution in [0.4, 0.5) is 5.69 Å². The molecule has 0 saturated carbocycles. The molecule has 2 rings (SSSR count). The van der Waals surface area contributed by atoms with Gasteiger partial charge in [-0.3, -0.25) is 4.79 Å². The second-order valence-electron chi connectivity index (χ2n) is 4.91. The first-order valence-corrected chi connectivity index (χ1v) is 6.46. The number of anilines is 1. The van der Waals surface area contributed by atoms with Crippen LogP contribution < -0.4 is 11.1 Å². The van der Waals surface area contributed by atoms with Crippen LogP contribution in [0.2, 0.25) is 0 Å². The fourth-order valence-corrected chi connectivity index (χ4v) is 2.12. The Labute approximate surface area is 118 Å². The standard InChI is InChI=1S/C14H19N5O/c1-9-4-10(2)6-12(5-9)16-14(20)8-19-11(3)13(7-15)17-18-19/h4-6H,7-8,15H2,1-3H3,(H,16,20). The first kappa shape index (κ1) is 14.2. The summed E-state index contributed by atoms with van der Waals surface area (Å²) in [6, 6.07) is 5.93. The minimum atomic E-state index is -0.133. The number of nitrogens with one attached hydrogen (secondary N) is 1. The third-order valence-electron chi connectivity index (χ3n) is 3.07. The van der Waals surface area contributed by atoms with Crippen LogP contribution in [0.15, 0.2) is 18.2 Å². The Kier molecular flexibility index (Phi) is 4.14. The van der Waals surface area contributed by atoms with Crippen LogP contribution in [0.25, 0.3) is 0 Å². The molecule has 0 aliphatic rings. The summed E-state index contributed by atoms with van der Waals surface area (Å²) in [7, 11) is 0. The maximum Gasteiger partial charge on any atom is 0.246 e. The monoisotopic (exact) mass is 273 g/mol. The van der Waals surface area contributed by atoms with Gasteiger partial charge in [-0.2, -0.15) is 0 Å². The van der Waals surface area contributed by atoms with E-state index >= 15 is 0 Å². The van der Waals surface area contributed by atoms with Gasteiger partial charge in [-0.15, -0.1) is 5.10 Å². The zero-order valence-electron chi connectivity index (χ0n) is 12.0. The minimum absolute atomic E-state index is 0.131. The van der Waals surface area contributed by atoms with E-state index in [0.717, 1.165) is 22.5 Å². The SMILES string of the molecule is Cc1cc(C)cc(NC(=O)Cn2nnc(CN)c2C)c1. The first-order valence-electron chi connectivity index (χ1n) is 6.46. The predicted octanol–water partition coefficient (Wildman–Crippen LogP) is 1.30. The summed E-state index contributed by atoms with van der Waals surface area (Å²) in [6.45, 7) is 6.30. The van der Waals surface area contributed by atoms with E-state index in [1.54, 1.807) is 4.68 Å². The highest BCUT2D eigenvalue weighted by atomic mass is 16.2. The quantitative estimate of drug-likeness (QED) is 0.879. The number of aryl methyl sites for hydroxylation is 2. The largest absolute Gasteiger partial charge is 0.325 e. The molecule has 0 saturated heterocycles. The van der Waals surface area contributed by atoms with Gasteiger partial charge in [-0.1, -0.05) is 11.3 Å². The van der Waals surface area contributed by atoms with Crippen LogP contribution >= 0.6 is 0 Å². The molecule has 0 atom stereocenters. The summed E-state index contributed by atoms with van der Waals surface area (Å²) in [5, 5.41) is 10.7. The summed E-state index contributed by atoms with van der Waals surface area (Å²) < 4.78 is 1.56. The number of nitrogens with two attached hydrogens (primary N) is 1. The van der Waals surface area contributed by atoms with Gasteiger partial charge < -0.3 is 11.1 Å². The summed E-state index contributed by atoms with van der Waals surface area (Å²) in [6.07, 6.45) is 0. The maximum atomic E-state index is 12.0. The fourth-order valence-electron chi connectivity index (χ4n) is 2.12. The Morgan fingerprint density at radius 1 is 1.25 bits per heavy atom. The third kappa shape index (κ3) is 3.21. The highest BCUT2D eigenvalue weighted by Gasteiger charge is 2.11. The van der Waals surface area contributed by atoms with E-state index in [2.05, 4.69) is 21.7 Å². The molecule has 1 amide bonds. The Bertz CT molecular complexity index is 612. The van der Waals surface area contributed by atoms with Crippen LogP contribution in [0.1, 0.15) is 22.5 Å². The lowest BCUT2D eigenvalue weighted by molar-refractivity contribution is -0.117. The van der Waals surface area contributed by atoms with Crippen LogP contribution in [0.3, 0.4) is 0 Å². The molecule has 0 radical (unpaired) electrons. The van der Waals surface area contributed by atoms with Crippen LogP contribution in [0, 0.1) is 20.8 Å². The molecule has 1 aromatic heterocycles. The molecule has 0 spiro atoms. The van der Waals surface area contributed by atoms with Gasteiger partial charge in [-0.05, 0) is 44.0 Å². The van der Waals surface area contributed by atoms with Gasteiger partial charge in [-0.25, -0.2) is 4.68 Å². The zero-order valence-corrected chi connectivity index (χ0v) is 12.0. The fraction of sp³-hybridized carbons (Fsp3) is 0.357. The van der Waals surface area contributed by atoms with Crippen molar-refractivity contribution in [3.8, 4) is 0 Å². The molecule has 2 aromatic rings. The second kappa shape index (κ2) is 5.83. The number of nitrogens with zero attached hydrogens (tertiary/aromatic N) is 3. The Hall–Kier alpha value is -2.21. The van der Waals surface area contributed by atoms with E-state index in [-0.39, 0.29) is 12.5 Å². The van der Waals surface area contributed by atoms with Gasteiger partial charge in [0.1, 0.15) is 6.54 Å². The van der Waals surface area contributed by atoms with Crippen molar-refractivity contribution in [1.29, 1.82) is 0 Å². The zero-order chi connectivity index (χ0) is 14.7. The second-order valence-corrected chi connectivity index (χ2v) is 4.91. The molecule has 0 aliphatic heterocycles. The van der Waals surface area contributed by atoms with E-state index < -0.39 is 0 Å². The van der Waals surface area contributed by atoms with Gasteiger partial charge in [0.2, 0.25) is 5.91 Å². The lowest BCUT2D eigenvalue weighted by Gasteiger charge is -2.08. The molecule has 3 N–H and O–H groups in total. The highest BCUT2D eigenvalue weighted by Crippen LogP contribution is 2.14. The Morgan fingerprint density at radius 2 is 1.90 bits per heavy atom. The number of carbonyl (C=O) groups excluding carboxylic acids is 1. The van der Waals surface area contributed by atoms with Crippen LogP contribution in [-0.4, -0.2) is 20.9 Å². The topological polar surface area (TPSA) is 85.8 Å². The van der Waals surface area contributed by atoms with Crippen molar-refractivity contribution in [3.05, 3.63) is 40.7 Å². The molecule has 0 unspecified atom stereocenters. The number of hydrogen-bond donors (Lipinski definition) is 2. The number of hydrogen-bond acceptors (Lipinski definition) is 4. The van der Waals surface area contributed by atoms with Gasteiger partial charge >= 0.3 is 0 Å². The van der Waals surface area contributed by atoms with E-state index in [0.29, 0.717) is 12.2 Å². The van der Waals surface area contributed by atoms with Gasteiger partial charge in [0.05, 0.1) is 11.4 Å². The Morgan fingerprint density at radius 3 is 2.45 bits per heavy atom. The maximum absolute atomic E-state index is 12.0. The van der Waals surface area contributed by atoms with E-state index in [9.17, 15) is 4.79 Å². The van der Waals surface area contributed by atoms with Crippen molar-refractivity contribution >= 4 is 11.6 Å². The smallest absolute Gasteiger partial charge is 0.246 e. The van der Waals surface area contributed by atoms with E-state index in [4.69, 9.17) is 5.73 Å². The van der Waals surface area contributed by atoms with Crippen molar-refractivity contribution in [1.82, 2.24) is 15.0 Å². The predicted molar refractivity (Wildman–Crippen MR) is 77.2 cm³/mol. The molecular weight excluding hydrogens is 254 g/mol. The number of aromatic nitrogens is 3. The number of amides is 1. The third-order valence-corrected chi connectivity index (χ3v) is 3.07. The van der Waals surface area contributed by atoms with E-state index in [1.165, 1.54) is 0 Å². The number of carbonyl (C=O) groups is 1. The van der Waals surface area contributed by atoms with E-state index in [1.807, 2.05) is 32.9 Å². The van der Waals surface area contributed by atoms with Crippen LogP contribution in [0.5, 0.6) is 0 Å². The summed E-state index contributed by atoms with van der Waals surface area (Å²) in [5.41, 5.74) is 10.1. The molecule has 106 valence electrons. The van der Waals surface area contributed by atoms with Gasteiger partial charge in [0.25, 0.3) is 0 Å². The molecular formula is C14H19N5O. The lowest BCUT2D eigenvalue weighted by atomic mass is 10.1. The van der Waals surface area contributed by atoms with Crippen molar-refractivity contribution in [2.45, 2.75) is 33.9 Å². The molecule has 0 aliphatic carbocycles. The molecule has 0 fully saturated rings. The molecule has 6 nitrogen and oxygen atoms in total. The van der Waals surface area contributed by atoms with Crippen molar-refractivity contribution in [2.24, 2.45) is 5.73 Å². The first-order chi connectivity index (χ1) is 9.49. The molecule has 0 bridgehead atoms. The van der Waals surface area contributed by atoms with Gasteiger partial charge in [0.15, 0.2) is 0 Å². The van der Waals surface area contributed by atoms with Crippen molar-refractivity contribution < 1.29 is 4.79 Å². The van der Waals surface area contributed by atoms with Crippen molar-refractivity contribution in [2.75, 3.05) is 5.32 Å². The van der Waals surface area contributed by atoms with Crippen molar-refractivity contribution in [3.63, 3.8) is 0 Å². The average Bonchev–Trinajstić information content (AvgIpc) is 2.69. The summed E-state index contributed by atoms with van der Waals surface area (Å²) in [5.74, 6) is -0.133. The van der Waals surface area contributed by atoms with Gasteiger partial charge in [0, 0.05) is 12.2 Å². The average molecular weight is 273 g/mol.